The Hall–Kier alpha value is -0.920. The fourth-order valence-corrected chi connectivity index (χ4v) is 2.37. The average molecular weight is 408 g/mol. The number of unbranched alkanes of at least 4 members (excludes halogenated alkanes) is 11. The molecule has 0 bridgehead atoms. The van der Waals surface area contributed by atoms with E-state index in [0.29, 0.717) is 6.42 Å². The van der Waals surface area contributed by atoms with E-state index in [4.69, 9.17) is 15.4 Å². The highest BCUT2D eigenvalue weighted by molar-refractivity contribution is 7.86. The Labute approximate surface area is 166 Å². The Morgan fingerprint density at radius 2 is 1.26 bits per heavy atom. The van der Waals surface area contributed by atoms with E-state index in [0.717, 1.165) is 19.8 Å². The molecule has 0 heterocycles. The van der Waals surface area contributed by atoms with E-state index < -0.39 is 15.6 Å². The van der Waals surface area contributed by atoms with Crippen LogP contribution in [-0.2, 0) is 14.9 Å². The normalized spacial score (nSPS) is 12.6. The zero-order valence-electron chi connectivity index (χ0n) is 17.2. The van der Waals surface area contributed by atoms with E-state index in [1.807, 2.05) is 0 Å². The van der Waals surface area contributed by atoms with Crippen LogP contribution in [0.5, 0.6) is 0 Å². The van der Waals surface area contributed by atoms with Gasteiger partial charge in [0.05, 0.1) is 0 Å². The lowest BCUT2D eigenvalue weighted by Crippen LogP contribution is -2.14. The number of allylic oxidation sites excluding steroid dienone is 2. The number of hydrogen-bond donors (Lipinski definition) is 3. The first-order valence-corrected chi connectivity index (χ1v) is 11.8. The molecule has 0 fully saturated rings. The van der Waals surface area contributed by atoms with Crippen molar-refractivity contribution < 1.29 is 22.9 Å². The van der Waals surface area contributed by atoms with Crippen LogP contribution in [0.1, 0.15) is 104 Å². The van der Waals surface area contributed by atoms with Gasteiger partial charge < -0.3 is 10.8 Å². The van der Waals surface area contributed by atoms with Gasteiger partial charge in [-0.15, -0.1) is 0 Å². The maximum Gasteiger partial charge on any atom is 0.291 e. The molecule has 0 aromatic carbocycles. The molecule has 0 spiro atoms. The first-order chi connectivity index (χ1) is 12.7. The van der Waals surface area contributed by atoms with E-state index in [9.17, 15) is 13.2 Å². The van der Waals surface area contributed by atoms with E-state index in [1.54, 1.807) is 0 Å². The molecule has 27 heavy (non-hydrogen) atoms. The minimum atomic E-state index is -4.19. The van der Waals surface area contributed by atoms with Crippen molar-refractivity contribution >= 4 is 16.0 Å². The van der Waals surface area contributed by atoms with Gasteiger partial charge in [-0.3, -0.25) is 9.35 Å². The molecule has 162 valence electrons. The summed E-state index contributed by atoms with van der Waals surface area (Å²) < 4.78 is 27.1. The van der Waals surface area contributed by atoms with Gasteiger partial charge in [0.1, 0.15) is 0 Å². The zero-order chi connectivity index (χ0) is 21.0. The van der Waals surface area contributed by atoms with Crippen molar-refractivity contribution in [1.82, 2.24) is 0 Å². The Kier molecular flexibility index (Phi) is 20.8. The van der Waals surface area contributed by atoms with Crippen LogP contribution in [-0.4, -0.2) is 29.4 Å². The molecular formula is C20H41NO5S. The third-order valence-electron chi connectivity index (χ3n) is 4.12. The predicted octanol–water partition coefficient (Wildman–Crippen LogP) is 4.72. The van der Waals surface area contributed by atoms with Crippen LogP contribution in [0.3, 0.4) is 0 Å². The van der Waals surface area contributed by atoms with Gasteiger partial charge >= 0.3 is 0 Å². The number of primary amides is 1. The lowest BCUT2D eigenvalue weighted by atomic mass is 10.1. The molecule has 4 N–H and O–H groups in total. The summed E-state index contributed by atoms with van der Waals surface area (Å²) in [6.07, 6.45) is 21.9. The van der Waals surface area contributed by atoms with Gasteiger partial charge in [-0.1, -0.05) is 70.4 Å². The summed E-state index contributed by atoms with van der Waals surface area (Å²) in [5, 5.41) is 8.05. The zero-order valence-corrected chi connectivity index (χ0v) is 18.1. The van der Waals surface area contributed by atoms with Gasteiger partial charge in [0.25, 0.3) is 10.1 Å². The number of carbonyl (C=O) groups is 1. The van der Waals surface area contributed by atoms with Gasteiger partial charge in [0.2, 0.25) is 5.91 Å². The highest BCUT2D eigenvalue weighted by atomic mass is 32.2. The maximum absolute atomic E-state index is 10.5. The van der Waals surface area contributed by atoms with Crippen molar-refractivity contribution in [1.29, 1.82) is 0 Å². The van der Waals surface area contributed by atoms with Gasteiger partial charge in [-0.2, -0.15) is 8.42 Å². The number of rotatable bonds is 16. The number of amides is 1. The van der Waals surface area contributed by atoms with Crippen molar-refractivity contribution in [3.8, 4) is 0 Å². The summed E-state index contributed by atoms with van der Waals surface area (Å²) in [4.78, 5) is 10.5. The number of aliphatic hydroxyl groups is 1. The largest absolute Gasteiger partial charge is 0.375 e. The first kappa shape index (κ1) is 28.3. The lowest BCUT2D eigenvalue weighted by Gasteiger charge is -1.99. The van der Waals surface area contributed by atoms with E-state index in [1.165, 1.54) is 70.6 Å². The molecule has 1 unspecified atom stereocenters. The van der Waals surface area contributed by atoms with Crippen molar-refractivity contribution in [3.05, 3.63) is 12.2 Å². The molecule has 0 radical (unpaired) electrons. The van der Waals surface area contributed by atoms with Crippen LogP contribution in [0.25, 0.3) is 0 Å². The molecule has 6 nitrogen and oxygen atoms in total. The third-order valence-corrected chi connectivity index (χ3v) is 4.98. The summed E-state index contributed by atoms with van der Waals surface area (Å²) >= 11 is 0. The number of hydrogen-bond acceptors (Lipinski definition) is 4. The summed E-state index contributed by atoms with van der Waals surface area (Å²) in [7, 11) is -4.19. The summed E-state index contributed by atoms with van der Waals surface area (Å²) in [6.45, 7) is 3.23. The summed E-state index contributed by atoms with van der Waals surface area (Å²) in [6, 6.07) is 0. The minimum absolute atomic E-state index is 0.164. The van der Waals surface area contributed by atoms with Crippen molar-refractivity contribution in [2.24, 2.45) is 5.73 Å². The molecule has 0 rings (SSSR count). The van der Waals surface area contributed by atoms with E-state index in [2.05, 4.69) is 19.1 Å². The standard InChI is InChI=1S/C18H35NO.C2H6O4S/c1-2-3-4-5-6-7-8-9-10-11-12-13-14-15-16-17-18(19)20;1-2(3)7(4,5)6/h9-10H,2-8,11-17H2,1H3,(H2,19,20);2-3H,1H3,(H,4,5,6)/b10-9-;. The fourth-order valence-electron chi connectivity index (χ4n) is 2.37. The van der Waals surface area contributed by atoms with Crippen LogP contribution in [0.2, 0.25) is 0 Å². The Morgan fingerprint density at radius 1 is 0.889 bits per heavy atom. The average Bonchev–Trinajstić information content (AvgIpc) is 2.57. The summed E-state index contributed by atoms with van der Waals surface area (Å²) in [5.41, 5.74) is 3.43. The molecule has 7 heteroatoms. The van der Waals surface area contributed by atoms with Crippen LogP contribution in [0.4, 0.5) is 0 Å². The van der Waals surface area contributed by atoms with Crippen LogP contribution in [0.15, 0.2) is 12.2 Å². The Bertz CT molecular complexity index is 461. The molecule has 0 saturated carbocycles. The number of carbonyl (C=O) groups excluding carboxylic acids is 1. The van der Waals surface area contributed by atoms with Crippen molar-refractivity contribution in [3.63, 3.8) is 0 Å². The van der Waals surface area contributed by atoms with Gasteiger partial charge in [-0.05, 0) is 39.0 Å². The van der Waals surface area contributed by atoms with E-state index in [-0.39, 0.29) is 5.91 Å². The molecule has 1 atom stereocenters. The second-order valence-corrected chi connectivity index (χ2v) is 8.63. The second-order valence-electron chi connectivity index (χ2n) is 6.91. The molecule has 0 saturated heterocycles. The highest BCUT2D eigenvalue weighted by Gasteiger charge is 2.10. The van der Waals surface area contributed by atoms with Gasteiger partial charge in [0, 0.05) is 6.42 Å². The van der Waals surface area contributed by atoms with Crippen LogP contribution < -0.4 is 5.73 Å². The van der Waals surface area contributed by atoms with E-state index >= 15 is 0 Å². The molecule has 0 aliphatic carbocycles. The molecule has 0 aliphatic heterocycles. The van der Waals surface area contributed by atoms with Crippen LogP contribution >= 0.6 is 0 Å². The van der Waals surface area contributed by atoms with Crippen LogP contribution in [0, 0.1) is 0 Å². The predicted molar refractivity (Wildman–Crippen MR) is 112 cm³/mol. The molecule has 0 aromatic rings. The maximum atomic E-state index is 10.5. The number of aliphatic hydroxyl groups excluding tert-OH is 1. The Balaban J connectivity index is 0. The van der Waals surface area contributed by atoms with Gasteiger partial charge in [0.15, 0.2) is 5.44 Å². The summed E-state index contributed by atoms with van der Waals surface area (Å²) in [5.74, 6) is -0.164. The van der Waals surface area contributed by atoms with Crippen molar-refractivity contribution in [2.75, 3.05) is 0 Å². The van der Waals surface area contributed by atoms with Crippen molar-refractivity contribution in [2.45, 2.75) is 109 Å². The molecule has 1 amide bonds. The fraction of sp³-hybridized carbons (Fsp3) is 0.850. The smallest absolute Gasteiger partial charge is 0.291 e. The van der Waals surface area contributed by atoms with Gasteiger partial charge in [-0.25, -0.2) is 0 Å². The topological polar surface area (TPSA) is 118 Å². The minimum Gasteiger partial charge on any atom is -0.375 e. The second kappa shape index (κ2) is 19.8. The highest BCUT2D eigenvalue weighted by Crippen LogP contribution is 2.09. The monoisotopic (exact) mass is 407 g/mol. The SMILES string of the molecule is CC(O)S(=O)(=O)O.CCCCCCCC/C=C\CCCCCCCC(N)=O. The quantitative estimate of drug-likeness (QED) is 0.194. The Morgan fingerprint density at radius 3 is 1.63 bits per heavy atom. The first-order valence-electron chi connectivity index (χ1n) is 10.3. The number of nitrogens with two attached hydrogens (primary N) is 1. The molecule has 0 aliphatic rings. The lowest BCUT2D eigenvalue weighted by molar-refractivity contribution is -0.118. The molecule has 0 aromatic heterocycles. The third kappa shape index (κ3) is 27.4. The molecular weight excluding hydrogens is 366 g/mol.